The van der Waals surface area contributed by atoms with Gasteiger partial charge in [0.15, 0.2) is 0 Å². The zero-order chi connectivity index (χ0) is 13.7. The molecule has 1 aromatic carbocycles. The van der Waals surface area contributed by atoms with Crippen LogP contribution < -0.4 is 4.74 Å². The Morgan fingerprint density at radius 1 is 1.32 bits per heavy atom. The summed E-state index contributed by atoms with van der Waals surface area (Å²) in [6.07, 6.45) is 1.27. The molecule has 5 heteroatoms. The van der Waals surface area contributed by atoms with E-state index in [4.69, 9.17) is 9.47 Å². The van der Waals surface area contributed by atoms with Gasteiger partial charge in [-0.05, 0) is 29.8 Å². The van der Waals surface area contributed by atoms with Crippen molar-refractivity contribution in [2.24, 2.45) is 0 Å². The molecule has 0 N–H and O–H groups in total. The molecule has 0 saturated carbocycles. The predicted octanol–water partition coefficient (Wildman–Crippen LogP) is 2.59. The van der Waals surface area contributed by atoms with Gasteiger partial charge in [0.05, 0.1) is 7.11 Å². The molecule has 2 aromatic rings. The Balaban J connectivity index is 2.02. The Hall–Kier alpha value is -2.43. The Kier molecular flexibility index (Phi) is 4.07. The number of hydrogen-bond acceptors (Lipinski definition) is 4. The Bertz CT molecular complexity index is 586. The van der Waals surface area contributed by atoms with E-state index in [1.54, 1.807) is 31.4 Å². The number of benzene rings is 1. The number of aromatic nitrogens is 1. The van der Waals surface area contributed by atoms with E-state index in [2.05, 4.69) is 4.98 Å². The molecule has 0 aliphatic carbocycles. The third kappa shape index (κ3) is 3.28. The van der Waals surface area contributed by atoms with Crippen LogP contribution in [0.1, 0.15) is 15.9 Å². The lowest BCUT2D eigenvalue weighted by Gasteiger charge is -2.06. The SMILES string of the molecule is COc1cccc(COC(=O)c2cccnc2F)c1. The minimum atomic E-state index is -0.835. The van der Waals surface area contributed by atoms with Crippen LogP contribution >= 0.6 is 0 Å². The minimum absolute atomic E-state index is 0.0460. The first-order valence-corrected chi connectivity index (χ1v) is 5.61. The van der Waals surface area contributed by atoms with Crippen molar-refractivity contribution in [3.63, 3.8) is 0 Å². The molecule has 0 amide bonds. The second kappa shape index (κ2) is 5.95. The lowest BCUT2D eigenvalue weighted by molar-refractivity contribution is 0.0466. The molecule has 1 aromatic heterocycles. The monoisotopic (exact) mass is 261 g/mol. The molecule has 19 heavy (non-hydrogen) atoms. The van der Waals surface area contributed by atoms with Crippen LogP contribution in [0.15, 0.2) is 42.6 Å². The number of carbonyl (C=O) groups excluding carboxylic acids is 1. The maximum absolute atomic E-state index is 13.3. The summed E-state index contributed by atoms with van der Waals surface area (Å²) in [5.41, 5.74) is 0.586. The van der Waals surface area contributed by atoms with Crippen LogP contribution in [-0.2, 0) is 11.3 Å². The molecule has 0 aliphatic rings. The van der Waals surface area contributed by atoms with Gasteiger partial charge in [-0.15, -0.1) is 0 Å². The smallest absolute Gasteiger partial charge is 0.343 e. The topological polar surface area (TPSA) is 48.4 Å². The molecular weight excluding hydrogens is 249 g/mol. The highest BCUT2D eigenvalue weighted by atomic mass is 19.1. The number of ether oxygens (including phenoxy) is 2. The highest BCUT2D eigenvalue weighted by Crippen LogP contribution is 2.14. The fraction of sp³-hybridized carbons (Fsp3) is 0.143. The van der Waals surface area contributed by atoms with Crippen LogP contribution in [0.3, 0.4) is 0 Å². The number of hydrogen-bond donors (Lipinski definition) is 0. The van der Waals surface area contributed by atoms with Gasteiger partial charge >= 0.3 is 5.97 Å². The van der Waals surface area contributed by atoms with Crippen LogP contribution in [0, 0.1) is 5.95 Å². The van der Waals surface area contributed by atoms with Crippen LogP contribution in [-0.4, -0.2) is 18.1 Å². The molecule has 4 nitrogen and oxygen atoms in total. The summed E-state index contributed by atoms with van der Waals surface area (Å²) in [6, 6.07) is 9.91. The lowest BCUT2D eigenvalue weighted by Crippen LogP contribution is -2.08. The van der Waals surface area contributed by atoms with Crippen LogP contribution in [0.25, 0.3) is 0 Å². The molecule has 2 rings (SSSR count). The standard InChI is InChI=1S/C14H12FNO3/c1-18-11-5-2-4-10(8-11)9-19-14(17)12-6-3-7-16-13(12)15/h2-8H,9H2,1H3. The zero-order valence-corrected chi connectivity index (χ0v) is 10.3. The van der Waals surface area contributed by atoms with Crippen molar-refractivity contribution >= 4 is 5.97 Å². The first-order chi connectivity index (χ1) is 9.20. The summed E-state index contributed by atoms with van der Waals surface area (Å²) in [5, 5.41) is 0. The molecule has 1 heterocycles. The number of carbonyl (C=O) groups is 1. The number of esters is 1. The van der Waals surface area contributed by atoms with Crippen molar-refractivity contribution in [2.45, 2.75) is 6.61 Å². The van der Waals surface area contributed by atoms with E-state index >= 15 is 0 Å². The molecular formula is C14H12FNO3. The third-order valence-electron chi connectivity index (χ3n) is 2.48. The van der Waals surface area contributed by atoms with Crippen LogP contribution in [0.2, 0.25) is 0 Å². The van der Waals surface area contributed by atoms with Crippen molar-refractivity contribution in [3.05, 3.63) is 59.7 Å². The zero-order valence-electron chi connectivity index (χ0n) is 10.3. The van der Waals surface area contributed by atoms with Crippen molar-refractivity contribution in [3.8, 4) is 5.75 Å². The van der Waals surface area contributed by atoms with E-state index in [1.165, 1.54) is 18.3 Å². The number of rotatable bonds is 4. The van der Waals surface area contributed by atoms with Gasteiger partial charge in [-0.1, -0.05) is 12.1 Å². The number of nitrogens with zero attached hydrogens (tertiary/aromatic N) is 1. The van der Waals surface area contributed by atoms with E-state index in [0.717, 1.165) is 5.56 Å². The van der Waals surface area contributed by atoms with Gasteiger partial charge in [-0.2, -0.15) is 4.39 Å². The molecule has 0 fully saturated rings. The Morgan fingerprint density at radius 3 is 2.89 bits per heavy atom. The van der Waals surface area contributed by atoms with Gasteiger partial charge in [0.25, 0.3) is 0 Å². The van der Waals surface area contributed by atoms with Crippen molar-refractivity contribution < 1.29 is 18.7 Å². The molecule has 0 saturated heterocycles. The maximum atomic E-state index is 13.3. The van der Waals surface area contributed by atoms with E-state index in [1.807, 2.05) is 0 Å². The van der Waals surface area contributed by atoms with Gasteiger partial charge in [-0.3, -0.25) is 0 Å². The summed E-state index contributed by atoms with van der Waals surface area (Å²) in [7, 11) is 1.55. The largest absolute Gasteiger partial charge is 0.497 e. The maximum Gasteiger partial charge on any atom is 0.343 e. The second-order valence-corrected chi connectivity index (χ2v) is 3.77. The Morgan fingerprint density at radius 2 is 2.16 bits per heavy atom. The van der Waals surface area contributed by atoms with Crippen LogP contribution in [0.5, 0.6) is 5.75 Å². The predicted molar refractivity (Wildman–Crippen MR) is 66.3 cm³/mol. The van der Waals surface area contributed by atoms with Crippen molar-refractivity contribution in [2.75, 3.05) is 7.11 Å². The summed E-state index contributed by atoms with van der Waals surface area (Å²) in [6.45, 7) is 0.0460. The molecule has 0 unspecified atom stereocenters. The second-order valence-electron chi connectivity index (χ2n) is 3.77. The summed E-state index contributed by atoms with van der Waals surface area (Å²) < 4.78 is 23.3. The molecule has 0 radical (unpaired) electrons. The van der Waals surface area contributed by atoms with Gasteiger partial charge in [0.2, 0.25) is 5.95 Å². The fourth-order valence-electron chi connectivity index (χ4n) is 1.53. The molecule has 98 valence electrons. The first-order valence-electron chi connectivity index (χ1n) is 5.61. The van der Waals surface area contributed by atoms with Gasteiger partial charge < -0.3 is 9.47 Å². The normalized spacial score (nSPS) is 10.0. The van der Waals surface area contributed by atoms with E-state index in [0.29, 0.717) is 5.75 Å². The summed E-state index contributed by atoms with van der Waals surface area (Å²) in [4.78, 5) is 15.1. The number of methoxy groups -OCH3 is 1. The highest BCUT2D eigenvalue weighted by molar-refractivity contribution is 5.89. The summed E-state index contributed by atoms with van der Waals surface area (Å²) in [5.74, 6) is -0.910. The van der Waals surface area contributed by atoms with Gasteiger partial charge in [0.1, 0.15) is 17.9 Å². The highest BCUT2D eigenvalue weighted by Gasteiger charge is 2.13. The quantitative estimate of drug-likeness (QED) is 0.627. The summed E-state index contributed by atoms with van der Waals surface area (Å²) >= 11 is 0. The molecule has 0 atom stereocenters. The molecule has 0 bridgehead atoms. The molecule has 0 spiro atoms. The third-order valence-corrected chi connectivity index (χ3v) is 2.48. The van der Waals surface area contributed by atoms with E-state index in [9.17, 15) is 9.18 Å². The minimum Gasteiger partial charge on any atom is -0.497 e. The first kappa shape index (κ1) is 13.0. The Labute approximate surface area is 109 Å². The van der Waals surface area contributed by atoms with Crippen LogP contribution in [0.4, 0.5) is 4.39 Å². The van der Waals surface area contributed by atoms with Crippen molar-refractivity contribution in [1.82, 2.24) is 4.98 Å². The average molecular weight is 261 g/mol. The number of halogens is 1. The average Bonchev–Trinajstić information content (AvgIpc) is 2.45. The lowest BCUT2D eigenvalue weighted by atomic mass is 10.2. The number of pyridine rings is 1. The van der Waals surface area contributed by atoms with E-state index in [-0.39, 0.29) is 12.2 Å². The van der Waals surface area contributed by atoms with Gasteiger partial charge in [0, 0.05) is 6.20 Å². The van der Waals surface area contributed by atoms with Crippen molar-refractivity contribution in [1.29, 1.82) is 0 Å². The van der Waals surface area contributed by atoms with Gasteiger partial charge in [-0.25, -0.2) is 9.78 Å². The fourth-order valence-corrected chi connectivity index (χ4v) is 1.53. The van der Waals surface area contributed by atoms with E-state index < -0.39 is 11.9 Å². The molecule has 0 aliphatic heterocycles.